The Hall–Kier alpha value is -1.41. The Kier molecular flexibility index (Phi) is 15.7. The summed E-state index contributed by atoms with van der Waals surface area (Å²) in [5.41, 5.74) is 0. The first kappa shape index (κ1) is 26.6. The first-order valence-electron chi connectivity index (χ1n) is 10.2. The van der Waals surface area contributed by atoms with Crippen LogP contribution in [0.5, 0.6) is 0 Å². The monoisotopic (exact) mass is 420 g/mol. The van der Waals surface area contributed by atoms with E-state index < -0.39 is 33.7 Å². The molecule has 0 radical (unpaired) electrons. The maximum absolute atomic E-state index is 11.9. The van der Waals surface area contributed by atoms with E-state index in [0.29, 0.717) is 6.42 Å². The SMILES string of the molecule is C=CCOC(=O)CC(C(=O)OCCCCCCCCCCCCC)S(=O)(=O)O. The van der Waals surface area contributed by atoms with Crippen molar-refractivity contribution in [2.75, 3.05) is 13.2 Å². The van der Waals surface area contributed by atoms with E-state index in [-0.39, 0.29) is 13.2 Å². The molecule has 0 spiro atoms. The van der Waals surface area contributed by atoms with Crippen LogP contribution in [0.1, 0.15) is 84.0 Å². The van der Waals surface area contributed by atoms with E-state index in [9.17, 15) is 18.0 Å². The largest absolute Gasteiger partial charge is 0.465 e. The van der Waals surface area contributed by atoms with Gasteiger partial charge in [-0.05, 0) is 6.42 Å². The number of rotatable bonds is 18. The minimum atomic E-state index is -4.75. The van der Waals surface area contributed by atoms with E-state index in [1.165, 1.54) is 51.0 Å². The highest BCUT2D eigenvalue weighted by Crippen LogP contribution is 2.12. The van der Waals surface area contributed by atoms with Crippen LogP contribution in [0.15, 0.2) is 12.7 Å². The number of unbranched alkanes of at least 4 members (excludes halogenated alkanes) is 10. The Morgan fingerprint density at radius 1 is 0.929 bits per heavy atom. The number of hydrogen-bond donors (Lipinski definition) is 1. The summed E-state index contributed by atoms with van der Waals surface area (Å²) in [4.78, 5) is 23.4. The third-order valence-electron chi connectivity index (χ3n) is 4.33. The lowest BCUT2D eigenvalue weighted by atomic mass is 10.1. The summed E-state index contributed by atoms with van der Waals surface area (Å²) >= 11 is 0. The van der Waals surface area contributed by atoms with Gasteiger partial charge in [0.15, 0.2) is 5.25 Å². The molecule has 1 unspecified atom stereocenters. The predicted octanol–water partition coefficient (Wildman–Crippen LogP) is 4.22. The van der Waals surface area contributed by atoms with Gasteiger partial charge in [0, 0.05) is 0 Å². The maximum atomic E-state index is 11.9. The molecule has 1 atom stereocenters. The highest BCUT2D eigenvalue weighted by atomic mass is 32.2. The molecule has 0 rings (SSSR count). The lowest BCUT2D eigenvalue weighted by Crippen LogP contribution is -2.34. The molecule has 0 saturated heterocycles. The molecular weight excluding hydrogens is 384 g/mol. The van der Waals surface area contributed by atoms with E-state index in [0.717, 1.165) is 19.3 Å². The summed E-state index contributed by atoms with van der Waals surface area (Å²) in [6, 6.07) is 0. The molecule has 0 aromatic heterocycles. The van der Waals surface area contributed by atoms with Gasteiger partial charge in [0.2, 0.25) is 0 Å². The van der Waals surface area contributed by atoms with Crippen molar-refractivity contribution >= 4 is 22.1 Å². The molecule has 0 aromatic rings. The molecule has 0 aromatic carbocycles. The van der Waals surface area contributed by atoms with Gasteiger partial charge in [0.05, 0.1) is 13.0 Å². The van der Waals surface area contributed by atoms with Gasteiger partial charge in [-0.3, -0.25) is 14.1 Å². The van der Waals surface area contributed by atoms with Crippen LogP contribution in [0.2, 0.25) is 0 Å². The number of hydrogen-bond acceptors (Lipinski definition) is 6. The average Bonchev–Trinajstić information content (AvgIpc) is 2.64. The van der Waals surface area contributed by atoms with Crippen molar-refractivity contribution in [3.63, 3.8) is 0 Å². The molecule has 0 heterocycles. The fourth-order valence-corrected chi connectivity index (χ4v) is 3.36. The second-order valence-electron chi connectivity index (χ2n) is 6.88. The Labute approximate surface area is 169 Å². The highest BCUT2D eigenvalue weighted by molar-refractivity contribution is 7.87. The topological polar surface area (TPSA) is 107 Å². The number of carbonyl (C=O) groups excluding carboxylic acids is 2. The summed E-state index contributed by atoms with van der Waals surface area (Å²) in [5, 5.41) is -1.96. The van der Waals surface area contributed by atoms with Gasteiger partial charge in [-0.15, -0.1) is 0 Å². The van der Waals surface area contributed by atoms with Crippen molar-refractivity contribution in [2.24, 2.45) is 0 Å². The van der Waals surface area contributed by atoms with Crippen LogP contribution in [0.3, 0.4) is 0 Å². The van der Waals surface area contributed by atoms with Crippen molar-refractivity contribution < 1.29 is 32.0 Å². The Bertz CT molecular complexity index is 543. The van der Waals surface area contributed by atoms with Crippen LogP contribution in [0, 0.1) is 0 Å². The van der Waals surface area contributed by atoms with Gasteiger partial charge < -0.3 is 9.47 Å². The summed E-state index contributed by atoms with van der Waals surface area (Å²) in [5.74, 6) is -2.06. The lowest BCUT2D eigenvalue weighted by Gasteiger charge is -2.12. The fourth-order valence-electron chi connectivity index (χ4n) is 2.70. The molecule has 28 heavy (non-hydrogen) atoms. The second-order valence-corrected chi connectivity index (χ2v) is 8.48. The summed E-state index contributed by atoms with van der Waals surface area (Å²) < 4.78 is 41.4. The lowest BCUT2D eigenvalue weighted by molar-refractivity contribution is -0.149. The highest BCUT2D eigenvalue weighted by Gasteiger charge is 2.35. The number of esters is 2. The zero-order valence-corrected chi connectivity index (χ0v) is 17.9. The summed E-state index contributed by atoms with van der Waals surface area (Å²) in [6.07, 6.45) is 13.1. The van der Waals surface area contributed by atoms with Crippen LogP contribution < -0.4 is 0 Å². The van der Waals surface area contributed by atoms with E-state index in [1.807, 2.05) is 0 Å². The van der Waals surface area contributed by atoms with E-state index in [2.05, 4.69) is 18.2 Å². The number of ether oxygens (including phenoxy) is 2. The molecule has 0 amide bonds. The van der Waals surface area contributed by atoms with Gasteiger partial charge >= 0.3 is 11.9 Å². The minimum Gasteiger partial charge on any atom is -0.465 e. The molecule has 0 bridgehead atoms. The first-order chi connectivity index (χ1) is 13.3. The van der Waals surface area contributed by atoms with Gasteiger partial charge in [0.1, 0.15) is 6.61 Å². The molecule has 0 aliphatic carbocycles. The van der Waals surface area contributed by atoms with Crippen LogP contribution in [0.25, 0.3) is 0 Å². The zero-order chi connectivity index (χ0) is 21.3. The molecule has 0 aliphatic rings. The van der Waals surface area contributed by atoms with Gasteiger partial charge in [0.25, 0.3) is 10.1 Å². The van der Waals surface area contributed by atoms with Gasteiger partial charge in [-0.1, -0.05) is 83.8 Å². The van der Waals surface area contributed by atoms with E-state index >= 15 is 0 Å². The van der Waals surface area contributed by atoms with Crippen molar-refractivity contribution in [3.05, 3.63) is 12.7 Å². The molecule has 1 N–H and O–H groups in total. The van der Waals surface area contributed by atoms with Gasteiger partial charge in [-0.25, -0.2) is 0 Å². The Morgan fingerprint density at radius 2 is 1.43 bits per heavy atom. The molecular formula is C20H36O7S. The third kappa shape index (κ3) is 14.6. The standard InChI is InChI=1S/C20H36O7S/c1-3-5-6-7-8-9-10-11-12-13-14-16-27-20(22)18(28(23,24)25)17-19(21)26-15-4-2/h4,18H,2-3,5-17H2,1H3,(H,23,24,25). The molecule has 8 heteroatoms. The minimum absolute atomic E-state index is 0.0591. The van der Waals surface area contributed by atoms with Crippen molar-refractivity contribution in [1.29, 1.82) is 0 Å². The summed E-state index contributed by atoms with van der Waals surface area (Å²) in [7, 11) is -4.75. The molecule has 0 aliphatic heterocycles. The molecule has 164 valence electrons. The molecule has 0 fully saturated rings. The first-order valence-corrected chi connectivity index (χ1v) is 11.7. The number of carbonyl (C=O) groups is 2. The second kappa shape index (κ2) is 16.5. The molecule has 0 saturated carbocycles. The van der Waals surface area contributed by atoms with Crippen LogP contribution in [-0.4, -0.2) is 43.4 Å². The van der Waals surface area contributed by atoms with Crippen LogP contribution in [0.4, 0.5) is 0 Å². The smallest absolute Gasteiger partial charge is 0.327 e. The normalized spacial score (nSPS) is 12.4. The van der Waals surface area contributed by atoms with Crippen LogP contribution >= 0.6 is 0 Å². The van der Waals surface area contributed by atoms with E-state index in [4.69, 9.17) is 9.29 Å². The van der Waals surface area contributed by atoms with Crippen molar-refractivity contribution in [1.82, 2.24) is 0 Å². The maximum Gasteiger partial charge on any atom is 0.327 e. The van der Waals surface area contributed by atoms with Crippen molar-refractivity contribution in [2.45, 2.75) is 89.2 Å². The van der Waals surface area contributed by atoms with E-state index in [1.54, 1.807) is 0 Å². The summed E-state index contributed by atoms with van der Waals surface area (Å²) in [6.45, 7) is 5.52. The van der Waals surface area contributed by atoms with Gasteiger partial charge in [-0.2, -0.15) is 8.42 Å². The quantitative estimate of drug-likeness (QED) is 0.153. The zero-order valence-electron chi connectivity index (χ0n) is 17.1. The van der Waals surface area contributed by atoms with Crippen molar-refractivity contribution in [3.8, 4) is 0 Å². The van der Waals surface area contributed by atoms with Crippen LogP contribution in [-0.2, 0) is 29.2 Å². The Balaban J connectivity index is 3.91. The third-order valence-corrected chi connectivity index (χ3v) is 5.41. The fraction of sp³-hybridized carbons (Fsp3) is 0.800. The predicted molar refractivity (Wildman–Crippen MR) is 109 cm³/mol. The molecule has 7 nitrogen and oxygen atoms in total. The average molecular weight is 421 g/mol. The Morgan fingerprint density at radius 3 is 1.89 bits per heavy atom.